The van der Waals surface area contributed by atoms with Crippen molar-refractivity contribution >= 4 is 21.8 Å². The molecule has 0 aliphatic carbocycles. The Morgan fingerprint density at radius 1 is 1.29 bits per heavy atom. The number of halogens is 4. The third kappa shape index (κ3) is 4.25. The molecule has 4 nitrogen and oxygen atoms in total. The number of rotatable bonds is 2. The summed E-state index contributed by atoms with van der Waals surface area (Å²) in [6.45, 7) is 0.255. The summed E-state index contributed by atoms with van der Waals surface area (Å²) in [5.41, 5.74) is 0.702. The monoisotopic (exact) mass is 359 g/mol. The van der Waals surface area contributed by atoms with Crippen LogP contribution in [-0.2, 0) is 11.3 Å². The van der Waals surface area contributed by atoms with E-state index < -0.39 is 12.1 Å². The molecule has 0 spiro atoms. The van der Waals surface area contributed by atoms with Crippen molar-refractivity contribution in [1.82, 2.24) is 9.55 Å². The molecule has 0 aromatic carbocycles. The minimum absolute atomic E-state index is 0.0669. The number of carbonyl (C=O) groups excluding carboxylic acids is 1. The first-order valence-corrected chi connectivity index (χ1v) is 6.57. The van der Waals surface area contributed by atoms with Gasteiger partial charge in [0.05, 0.1) is 6.54 Å². The lowest BCUT2D eigenvalue weighted by Crippen LogP contribution is -2.27. The number of hydrogen-bond donors (Lipinski definition) is 0. The molecule has 2 aromatic rings. The van der Waals surface area contributed by atoms with Crippen LogP contribution in [0.1, 0.15) is 5.56 Å². The highest BCUT2D eigenvalue weighted by Gasteiger charge is 2.38. The Labute approximate surface area is 126 Å². The van der Waals surface area contributed by atoms with E-state index >= 15 is 0 Å². The number of carbonyl (C=O) groups is 1. The minimum Gasteiger partial charge on any atom is -0.328 e. The molecule has 1 amide bonds. The van der Waals surface area contributed by atoms with Gasteiger partial charge in [-0.1, -0.05) is 12.1 Å². The second-order valence-corrected chi connectivity index (χ2v) is 4.90. The summed E-state index contributed by atoms with van der Waals surface area (Å²) < 4.78 is 38.9. The van der Waals surface area contributed by atoms with Gasteiger partial charge in [0, 0.05) is 12.4 Å². The molecule has 0 bridgehead atoms. The third-order valence-corrected chi connectivity index (χ3v) is 2.99. The summed E-state index contributed by atoms with van der Waals surface area (Å²) in [6.07, 6.45) is -1.85. The Kier molecular flexibility index (Phi) is 4.56. The van der Waals surface area contributed by atoms with Crippen molar-refractivity contribution in [2.75, 3.05) is 0 Å². The molecule has 0 atom stereocenters. The lowest BCUT2D eigenvalue weighted by molar-refractivity contribution is -0.169. The smallest absolute Gasteiger partial charge is 0.328 e. The lowest BCUT2D eigenvalue weighted by Gasteiger charge is -2.07. The van der Waals surface area contributed by atoms with Crippen molar-refractivity contribution in [2.24, 2.45) is 4.99 Å². The molecule has 8 heteroatoms. The summed E-state index contributed by atoms with van der Waals surface area (Å²) >= 11 is 3.19. The Balaban J connectivity index is 2.35. The van der Waals surface area contributed by atoms with Gasteiger partial charge in [0.25, 0.3) is 0 Å². The number of aromatic nitrogens is 2. The van der Waals surface area contributed by atoms with Gasteiger partial charge in [0.15, 0.2) is 0 Å². The van der Waals surface area contributed by atoms with E-state index in [2.05, 4.69) is 25.9 Å². The second kappa shape index (κ2) is 6.21. The molecule has 0 N–H and O–H groups in total. The summed E-state index contributed by atoms with van der Waals surface area (Å²) in [7, 11) is 0. The predicted octanol–water partition coefficient (Wildman–Crippen LogP) is 2.68. The van der Waals surface area contributed by atoms with E-state index in [0.717, 1.165) is 5.56 Å². The number of alkyl halides is 3. The SMILES string of the molecule is O=C(N=c1ccccn1Cc1ccc(Br)nc1)C(F)(F)F. The maximum Gasteiger partial charge on any atom is 0.473 e. The van der Waals surface area contributed by atoms with Crippen LogP contribution < -0.4 is 5.49 Å². The summed E-state index contributed by atoms with van der Waals surface area (Å²) in [4.78, 5) is 18.1. The van der Waals surface area contributed by atoms with E-state index in [1.165, 1.54) is 16.7 Å². The van der Waals surface area contributed by atoms with Crippen LogP contribution in [0.5, 0.6) is 0 Å². The molecule has 0 saturated carbocycles. The second-order valence-electron chi connectivity index (χ2n) is 4.09. The van der Waals surface area contributed by atoms with Gasteiger partial charge in [-0.05, 0) is 39.7 Å². The molecular formula is C13H9BrF3N3O. The molecular weight excluding hydrogens is 351 g/mol. The maximum atomic E-state index is 12.3. The van der Waals surface area contributed by atoms with Crippen LogP contribution >= 0.6 is 15.9 Å². The first-order valence-electron chi connectivity index (χ1n) is 5.78. The first-order chi connectivity index (χ1) is 9.86. The molecule has 2 aromatic heterocycles. The normalized spacial score (nSPS) is 12.5. The van der Waals surface area contributed by atoms with Crippen molar-refractivity contribution in [1.29, 1.82) is 0 Å². The highest BCUT2D eigenvalue weighted by atomic mass is 79.9. The molecule has 2 rings (SSSR count). The van der Waals surface area contributed by atoms with E-state index in [-0.39, 0.29) is 12.0 Å². The predicted molar refractivity (Wildman–Crippen MR) is 72.1 cm³/mol. The summed E-state index contributed by atoms with van der Waals surface area (Å²) in [5, 5.41) is 0. The molecule has 0 fully saturated rings. The fourth-order valence-electron chi connectivity index (χ4n) is 1.57. The topological polar surface area (TPSA) is 47.2 Å². The van der Waals surface area contributed by atoms with Gasteiger partial charge in [-0.15, -0.1) is 0 Å². The van der Waals surface area contributed by atoms with E-state index in [9.17, 15) is 18.0 Å². The van der Waals surface area contributed by atoms with Crippen molar-refractivity contribution in [3.8, 4) is 0 Å². The Morgan fingerprint density at radius 2 is 2.05 bits per heavy atom. The summed E-state index contributed by atoms with van der Waals surface area (Å²) in [6, 6.07) is 7.99. The molecule has 21 heavy (non-hydrogen) atoms. The van der Waals surface area contributed by atoms with E-state index in [1.807, 2.05) is 0 Å². The Morgan fingerprint density at radius 3 is 2.67 bits per heavy atom. The number of nitrogens with zero attached hydrogens (tertiary/aromatic N) is 3. The molecule has 2 heterocycles. The lowest BCUT2D eigenvalue weighted by atomic mass is 10.3. The van der Waals surface area contributed by atoms with Crippen molar-refractivity contribution in [3.63, 3.8) is 0 Å². The van der Waals surface area contributed by atoms with E-state index in [1.54, 1.807) is 30.6 Å². The van der Waals surface area contributed by atoms with Crippen molar-refractivity contribution in [2.45, 2.75) is 12.7 Å². The molecule has 0 aliphatic rings. The molecule has 110 valence electrons. The standard InChI is InChI=1S/C13H9BrF3N3O/c14-10-5-4-9(7-18-10)8-20-6-2-1-3-11(20)19-12(21)13(15,16)17/h1-7H,8H2. The van der Waals surface area contributed by atoms with Crippen LogP contribution in [0.3, 0.4) is 0 Å². The third-order valence-electron chi connectivity index (χ3n) is 2.52. The van der Waals surface area contributed by atoms with Crippen LogP contribution in [0.25, 0.3) is 0 Å². The van der Waals surface area contributed by atoms with Crippen LogP contribution in [0.15, 0.2) is 52.3 Å². The highest BCUT2D eigenvalue weighted by molar-refractivity contribution is 9.10. The highest BCUT2D eigenvalue weighted by Crippen LogP contribution is 2.15. The van der Waals surface area contributed by atoms with Crippen molar-refractivity contribution < 1.29 is 18.0 Å². The fraction of sp³-hybridized carbons (Fsp3) is 0.154. The van der Waals surface area contributed by atoms with Gasteiger partial charge in [0.2, 0.25) is 0 Å². The number of amides is 1. The fourth-order valence-corrected chi connectivity index (χ4v) is 1.80. The van der Waals surface area contributed by atoms with Gasteiger partial charge in [-0.25, -0.2) is 4.98 Å². The van der Waals surface area contributed by atoms with Crippen LogP contribution in [0.2, 0.25) is 0 Å². The van der Waals surface area contributed by atoms with Crippen LogP contribution in [0.4, 0.5) is 13.2 Å². The van der Waals surface area contributed by atoms with Gasteiger partial charge < -0.3 is 4.57 Å². The van der Waals surface area contributed by atoms with Crippen molar-refractivity contribution in [3.05, 3.63) is 58.4 Å². The Bertz CT molecular complexity index is 708. The quantitative estimate of drug-likeness (QED) is 0.774. The molecule has 0 unspecified atom stereocenters. The zero-order chi connectivity index (χ0) is 15.5. The minimum atomic E-state index is -4.98. The zero-order valence-corrected chi connectivity index (χ0v) is 12.1. The van der Waals surface area contributed by atoms with Crippen LogP contribution in [0, 0.1) is 0 Å². The van der Waals surface area contributed by atoms with Gasteiger partial charge in [-0.3, -0.25) is 4.79 Å². The number of pyridine rings is 2. The van der Waals surface area contributed by atoms with Gasteiger partial charge in [-0.2, -0.15) is 18.2 Å². The van der Waals surface area contributed by atoms with E-state index in [0.29, 0.717) is 4.60 Å². The average Bonchev–Trinajstić information content (AvgIpc) is 2.42. The van der Waals surface area contributed by atoms with Gasteiger partial charge >= 0.3 is 12.1 Å². The zero-order valence-electron chi connectivity index (χ0n) is 10.5. The van der Waals surface area contributed by atoms with Gasteiger partial charge in [0.1, 0.15) is 10.1 Å². The largest absolute Gasteiger partial charge is 0.473 e. The molecule has 0 saturated heterocycles. The summed E-state index contributed by atoms with van der Waals surface area (Å²) in [5.74, 6) is -2.13. The van der Waals surface area contributed by atoms with E-state index in [4.69, 9.17) is 0 Å². The molecule has 0 radical (unpaired) electrons. The Hall–Kier alpha value is -1.96. The number of hydrogen-bond acceptors (Lipinski definition) is 2. The average molecular weight is 360 g/mol. The maximum absolute atomic E-state index is 12.3. The molecule has 0 aliphatic heterocycles. The van der Waals surface area contributed by atoms with Crippen LogP contribution in [-0.4, -0.2) is 21.6 Å². The first kappa shape index (κ1) is 15.4.